The maximum absolute atomic E-state index is 12.9. The largest absolute Gasteiger partial charge is 0.223 e. The third kappa shape index (κ3) is 3.15. The molecule has 0 fully saturated rings. The number of nitriles is 1. The Morgan fingerprint density at radius 3 is 2.62 bits per heavy atom. The van der Waals surface area contributed by atoms with E-state index >= 15 is 0 Å². The van der Waals surface area contributed by atoms with E-state index in [2.05, 4.69) is 15.9 Å². The Morgan fingerprint density at radius 2 is 2.19 bits per heavy atom. The number of allylic oxidation sites excluding steroid dienone is 1. The Bertz CT molecular complexity index is 587. The van der Waals surface area contributed by atoms with Crippen molar-refractivity contribution in [3.63, 3.8) is 0 Å². The van der Waals surface area contributed by atoms with Crippen LogP contribution in [-0.2, 0) is 9.84 Å². The highest BCUT2D eigenvalue weighted by molar-refractivity contribution is 9.10. The average Bonchev–Trinajstić information content (AvgIpc) is 2.18. The minimum Gasteiger partial charge on any atom is -0.223 e. The zero-order valence-corrected chi connectivity index (χ0v) is 10.6. The van der Waals surface area contributed by atoms with E-state index in [0.717, 1.165) is 6.26 Å². The molecule has 1 aromatic carbocycles. The highest BCUT2D eigenvalue weighted by Crippen LogP contribution is 2.19. The lowest BCUT2D eigenvalue weighted by Crippen LogP contribution is -1.98. The second-order valence-electron chi connectivity index (χ2n) is 3.07. The first-order chi connectivity index (χ1) is 7.34. The minimum atomic E-state index is -3.55. The molecule has 0 N–H and O–H groups in total. The summed E-state index contributed by atoms with van der Waals surface area (Å²) in [5, 5.41) is 8.66. The molecular formula is C10H7BrFNO2S. The molecule has 0 spiro atoms. The summed E-state index contributed by atoms with van der Waals surface area (Å²) in [5.74, 6) is -0.449. The quantitative estimate of drug-likeness (QED) is 0.789. The number of benzene rings is 1. The van der Waals surface area contributed by atoms with Gasteiger partial charge in [0.2, 0.25) is 0 Å². The van der Waals surface area contributed by atoms with Gasteiger partial charge < -0.3 is 0 Å². The summed E-state index contributed by atoms with van der Waals surface area (Å²) in [6, 6.07) is 5.57. The topological polar surface area (TPSA) is 57.9 Å². The summed E-state index contributed by atoms with van der Waals surface area (Å²) in [4.78, 5) is -0.356. The van der Waals surface area contributed by atoms with E-state index in [-0.39, 0.29) is 9.38 Å². The number of halogens is 2. The van der Waals surface area contributed by atoms with Crippen LogP contribution in [0.1, 0.15) is 5.56 Å². The van der Waals surface area contributed by atoms with E-state index in [9.17, 15) is 12.8 Å². The highest BCUT2D eigenvalue weighted by Gasteiger charge is 2.10. The van der Waals surface area contributed by atoms with Gasteiger partial charge in [0.05, 0.1) is 4.47 Å². The molecule has 0 heterocycles. The molecule has 0 bridgehead atoms. The van der Waals surface area contributed by atoms with Crippen LogP contribution in [0.4, 0.5) is 4.39 Å². The molecule has 0 saturated carbocycles. The molecule has 3 nitrogen and oxygen atoms in total. The van der Waals surface area contributed by atoms with E-state index in [1.807, 2.05) is 0 Å². The van der Waals surface area contributed by atoms with E-state index in [1.54, 1.807) is 6.07 Å². The number of hydrogen-bond donors (Lipinski definition) is 0. The van der Waals surface area contributed by atoms with Gasteiger partial charge in [-0.2, -0.15) is 5.26 Å². The molecule has 0 unspecified atom stereocenters. The Labute approximate surface area is 101 Å². The van der Waals surface area contributed by atoms with Crippen molar-refractivity contribution in [3.8, 4) is 6.07 Å². The standard InChI is InChI=1S/C10H7BrFNO2S/c1-16(14,15)8(6-13)4-7-2-3-10(12)9(11)5-7/h2-5H,1H3/b8-4-. The SMILES string of the molecule is CS(=O)(=O)/C(C#N)=C\c1ccc(F)c(Br)c1. The van der Waals surface area contributed by atoms with Gasteiger partial charge in [-0.1, -0.05) is 6.07 Å². The summed E-state index contributed by atoms with van der Waals surface area (Å²) in [6.45, 7) is 0. The predicted molar refractivity (Wildman–Crippen MR) is 62.5 cm³/mol. The molecule has 0 saturated heterocycles. The van der Waals surface area contributed by atoms with Gasteiger partial charge in [-0.25, -0.2) is 12.8 Å². The molecule has 84 valence electrons. The van der Waals surface area contributed by atoms with Gasteiger partial charge in [-0.15, -0.1) is 0 Å². The molecule has 1 aromatic rings. The van der Waals surface area contributed by atoms with Gasteiger partial charge >= 0.3 is 0 Å². The van der Waals surface area contributed by atoms with Crippen LogP contribution in [0.3, 0.4) is 0 Å². The second-order valence-corrected chi connectivity index (χ2v) is 5.90. The van der Waals surface area contributed by atoms with Crippen molar-refractivity contribution in [1.29, 1.82) is 5.26 Å². The van der Waals surface area contributed by atoms with Crippen molar-refractivity contribution in [2.75, 3.05) is 6.26 Å². The third-order valence-electron chi connectivity index (χ3n) is 1.75. The number of hydrogen-bond acceptors (Lipinski definition) is 3. The molecule has 0 aliphatic rings. The van der Waals surface area contributed by atoms with Gasteiger partial charge in [0.1, 0.15) is 16.8 Å². The van der Waals surface area contributed by atoms with Crippen LogP contribution in [0.2, 0.25) is 0 Å². The van der Waals surface area contributed by atoms with Crippen LogP contribution >= 0.6 is 15.9 Å². The van der Waals surface area contributed by atoms with E-state index in [4.69, 9.17) is 5.26 Å². The summed E-state index contributed by atoms with van der Waals surface area (Å²) < 4.78 is 35.4. The first-order valence-corrected chi connectivity index (χ1v) is 6.80. The van der Waals surface area contributed by atoms with Gasteiger partial charge in [-0.05, 0) is 39.7 Å². The predicted octanol–water partition coefficient (Wildman–Crippen LogP) is 2.50. The fraction of sp³-hybridized carbons (Fsp3) is 0.100. The van der Waals surface area contributed by atoms with Crippen molar-refractivity contribution in [2.24, 2.45) is 0 Å². The average molecular weight is 304 g/mol. The summed E-state index contributed by atoms with van der Waals surface area (Å²) in [6.07, 6.45) is 2.14. The molecule has 0 radical (unpaired) electrons. The molecule has 16 heavy (non-hydrogen) atoms. The first kappa shape index (κ1) is 12.9. The smallest absolute Gasteiger partial charge is 0.185 e. The number of sulfone groups is 1. The van der Waals surface area contributed by atoms with Crippen LogP contribution in [0.15, 0.2) is 27.6 Å². The van der Waals surface area contributed by atoms with Gasteiger partial charge in [-0.3, -0.25) is 0 Å². The Balaban J connectivity index is 3.27. The molecule has 6 heteroatoms. The van der Waals surface area contributed by atoms with E-state index < -0.39 is 15.7 Å². The Kier molecular flexibility index (Phi) is 3.83. The Morgan fingerprint density at radius 1 is 1.56 bits per heavy atom. The monoisotopic (exact) mass is 303 g/mol. The van der Waals surface area contributed by atoms with Crippen molar-refractivity contribution in [2.45, 2.75) is 0 Å². The molecule has 0 aliphatic heterocycles. The van der Waals surface area contributed by atoms with Gasteiger partial charge in [0, 0.05) is 6.26 Å². The Hall–Kier alpha value is -1.19. The summed E-state index contributed by atoms with van der Waals surface area (Å²) >= 11 is 2.97. The van der Waals surface area contributed by atoms with Crippen molar-refractivity contribution in [1.82, 2.24) is 0 Å². The lowest BCUT2D eigenvalue weighted by atomic mass is 10.2. The zero-order chi connectivity index (χ0) is 12.3. The summed E-state index contributed by atoms with van der Waals surface area (Å²) in [5.41, 5.74) is 0.440. The normalized spacial score (nSPS) is 12.2. The van der Waals surface area contributed by atoms with E-state index in [1.165, 1.54) is 24.3 Å². The van der Waals surface area contributed by atoms with E-state index in [0.29, 0.717) is 5.56 Å². The molecule has 0 aliphatic carbocycles. The molecule has 1 rings (SSSR count). The van der Waals surface area contributed by atoms with Crippen molar-refractivity contribution in [3.05, 3.63) is 39.0 Å². The number of rotatable bonds is 2. The lowest BCUT2D eigenvalue weighted by molar-refractivity contribution is 0.609. The number of nitrogens with zero attached hydrogens (tertiary/aromatic N) is 1. The van der Waals surface area contributed by atoms with Crippen molar-refractivity contribution < 1.29 is 12.8 Å². The third-order valence-corrected chi connectivity index (χ3v) is 3.37. The fourth-order valence-electron chi connectivity index (χ4n) is 0.976. The van der Waals surface area contributed by atoms with Crippen LogP contribution < -0.4 is 0 Å². The molecule has 0 aromatic heterocycles. The maximum atomic E-state index is 12.9. The summed E-state index contributed by atoms with van der Waals surface area (Å²) in [7, 11) is -3.55. The van der Waals surface area contributed by atoms with Crippen molar-refractivity contribution >= 4 is 31.8 Å². The first-order valence-electron chi connectivity index (χ1n) is 4.11. The van der Waals surface area contributed by atoms with Gasteiger partial charge in [0.25, 0.3) is 0 Å². The highest BCUT2D eigenvalue weighted by atomic mass is 79.9. The molecular weight excluding hydrogens is 297 g/mol. The van der Waals surface area contributed by atoms with Crippen LogP contribution in [-0.4, -0.2) is 14.7 Å². The van der Waals surface area contributed by atoms with Crippen LogP contribution in [0, 0.1) is 17.1 Å². The fourth-order valence-corrected chi connectivity index (χ4v) is 1.89. The lowest BCUT2D eigenvalue weighted by Gasteiger charge is -1.98. The maximum Gasteiger partial charge on any atom is 0.185 e. The van der Waals surface area contributed by atoms with Crippen LogP contribution in [0.5, 0.6) is 0 Å². The molecule has 0 amide bonds. The van der Waals surface area contributed by atoms with Gasteiger partial charge in [0.15, 0.2) is 9.84 Å². The minimum absolute atomic E-state index is 0.215. The zero-order valence-electron chi connectivity index (χ0n) is 8.24. The van der Waals surface area contributed by atoms with Crippen LogP contribution in [0.25, 0.3) is 6.08 Å². The molecule has 0 atom stereocenters. The second kappa shape index (κ2) is 4.76.